The number of carbonyl (C=O) groups excluding carboxylic acids is 1. The fourth-order valence-corrected chi connectivity index (χ4v) is 1.58. The van der Waals surface area contributed by atoms with Gasteiger partial charge in [-0.1, -0.05) is 18.2 Å². The van der Waals surface area contributed by atoms with E-state index in [2.05, 4.69) is 0 Å². The van der Waals surface area contributed by atoms with Crippen molar-refractivity contribution in [3.63, 3.8) is 0 Å². The molecule has 4 heteroatoms. The third-order valence-electron chi connectivity index (χ3n) is 2.22. The van der Waals surface area contributed by atoms with Crippen LogP contribution in [0.2, 0.25) is 0 Å². The molecule has 1 aromatic carbocycles. The summed E-state index contributed by atoms with van der Waals surface area (Å²) < 4.78 is 5.48. The fraction of sp³-hybridized carbons (Fsp3) is 0.417. The molecule has 1 amide bonds. The Balaban J connectivity index is 2.75. The molecule has 16 heavy (non-hydrogen) atoms. The summed E-state index contributed by atoms with van der Waals surface area (Å²) in [5.41, 5.74) is 0.991. The molecule has 0 radical (unpaired) electrons. The molecule has 0 spiro atoms. The SMILES string of the molecule is CCOc1ccccc1CN(C)C(=O)CCl. The molecule has 0 unspecified atom stereocenters. The first kappa shape index (κ1) is 12.8. The van der Waals surface area contributed by atoms with E-state index >= 15 is 0 Å². The van der Waals surface area contributed by atoms with Crippen molar-refractivity contribution >= 4 is 17.5 Å². The molecule has 88 valence electrons. The summed E-state index contributed by atoms with van der Waals surface area (Å²) in [6.45, 7) is 3.07. The van der Waals surface area contributed by atoms with Gasteiger partial charge in [-0.25, -0.2) is 0 Å². The van der Waals surface area contributed by atoms with Crippen LogP contribution in [0.25, 0.3) is 0 Å². The van der Waals surface area contributed by atoms with E-state index in [0.717, 1.165) is 11.3 Å². The Bertz CT molecular complexity index is 355. The number of hydrogen-bond acceptors (Lipinski definition) is 2. The summed E-state index contributed by atoms with van der Waals surface area (Å²) in [7, 11) is 1.73. The molecule has 0 bridgehead atoms. The van der Waals surface area contributed by atoms with Crippen molar-refractivity contribution < 1.29 is 9.53 Å². The zero-order valence-corrected chi connectivity index (χ0v) is 10.3. The average Bonchev–Trinajstić information content (AvgIpc) is 2.31. The molecule has 0 saturated carbocycles. The first-order chi connectivity index (χ1) is 7.69. The molecule has 0 atom stereocenters. The van der Waals surface area contributed by atoms with Crippen molar-refractivity contribution in [2.45, 2.75) is 13.5 Å². The molecule has 0 fully saturated rings. The minimum Gasteiger partial charge on any atom is -0.494 e. The van der Waals surface area contributed by atoms with Crippen molar-refractivity contribution in [2.75, 3.05) is 19.5 Å². The quantitative estimate of drug-likeness (QED) is 0.741. The van der Waals surface area contributed by atoms with Crippen LogP contribution in [-0.2, 0) is 11.3 Å². The Kier molecular flexibility index (Phi) is 5.12. The van der Waals surface area contributed by atoms with E-state index in [4.69, 9.17) is 16.3 Å². The smallest absolute Gasteiger partial charge is 0.237 e. The van der Waals surface area contributed by atoms with Crippen molar-refractivity contribution in [1.82, 2.24) is 4.90 Å². The van der Waals surface area contributed by atoms with Gasteiger partial charge in [0.1, 0.15) is 11.6 Å². The van der Waals surface area contributed by atoms with Crippen molar-refractivity contribution in [3.8, 4) is 5.75 Å². The second kappa shape index (κ2) is 6.38. The summed E-state index contributed by atoms with van der Waals surface area (Å²) in [5, 5.41) is 0. The van der Waals surface area contributed by atoms with Gasteiger partial charge in [0.25, 0.3) is 0 Å². The lowest BCUT2D eigenvalue weighted by atomic mass is 10.2. The van der Waals surface area contributed by atoms with E-state index in [1.165, 1.54) is 0 Å². The molecule has 0 aromatic heterocycles. The monoisotopic (exact) mass is 241 g/mol. The van der Waals surface area contributed by atoms with E-state index in [9.17, 15) is 4.79 Å². The number of amides is 1. The molecule has 1 rings (SSSR count). The maximum Gasteiger partial charge on any atom is 0.237 e. The summed E-state index contributed by atoms with van der Waals surface area (Å²) >= 11 is 5.49. The van der Waals surface area contributed by atoms with Crippen LogP contribution in [0.4, 0.5) is 0 Å². The third kappa shape index (κ3) is 3.42. The summed E-state index contributed by atoms with van der Waals surface area (Å²) in [6, 6.07) is 7.69. The zero-order valence-electron chi connectivity index (χ0n) is 9.57. The molecule has 1 aromatic rings. The molecule has 0 saturated heterocycles. The van der Waals surface area contributed by atoms with Crippen LogP contribution < -0.4 is 4.74 Å². The Morgan fingerprint density at radius 2 is 2.12 bits per heavy atom. The second-order valence-electron chi connectivity index (χ2n) is 3.42. The van der Waals surface area contributed by atoms with Crippen LogP contribution in [0.15, 0.2) is 24.3 Å². The van der Waals surface area contributed by atoms with E-state index in [1.807, 2.05) is 31.2 Å². The maximum absolute atomic E-state index is 11.3. The van der Waals surface area contributed by atoms with Crippen molar-refractivity contribution in [1.29, 1.82) is 0 Å². The Labute approximate surface area is 101 Å². The normalized spacial score (nSPS) is 9.94. The van der Waals surface area contributed by atoms with Crippen LogP contribution in [0.5, 0.6) is 5.75 Å². The van der Waals surface area contributed by atoms with Gasteiger partial charge in [0.2, 0.25) is 5.91 Å². The maximum atomic E-state index is 11.3. The van der Waals surface area contributed by atoms with E-state index in [0.29, 0.717) is 13.2 Å². The number of rotatable bonds is 5. The number of alkyl halides is 1. The summed E-state index contributed by atoms with van der Waals surface area (Å²) in [5.74, 6) is 0.736. The highest BCUT2D eigenvalue weighted by atomic mass is 35.5. The Morgan fingerprint density at radius 3 is 2.75 bits per heavy atom. The van der Waals surface area contributed by atoms with Gasteiger partial charge >= 0.3 is 0 Å². The van der Waals surface area contributed by atoms with Crippen LogP contribution in [-0.4, -0.2) is 30.3 Å². The average molecular weight is 242 g/mol. The number of hydrogen-bond donors (Lipinski definition) is 0. The number of carbonyl (C=O) groups is 1. The number of halogens is 1. The Morgan fingerprint density at radius 1 is 1.44 bits per heavy atom. The van der Waals surface area contributed by atoms with Crippen molar-refractivity contribution in [2.24, 2.45) is 0 Å². The van der Waals surface area contributed by atoms with Gasteiger partial charge in [-0.2, -0.15) is 0 Å². The lowest BCUT2D eigenvalue weighted by Crippen LogP contribution is -2.27. The molecule has 0 aliphatic carbocycles. The van der Waals surface area contributed by atoms with Gasteiger partial charge < -0.3 is 9.64 Å². The highest BCUT2D eigenvalue weighted by Gasteiger charge is 2.10. The predicted octanol–water partition coefficient (Wildman–Crippen LogP) is 2.28. The van der Waals surface area contributed by atoms with E-state index < -0.39 is 0 Å². The first-order valence-electron chi connectivity index (χ1n) is 5.19. The minimum atomic E-state index is -0.0898. The zero-order chi connectivity index (χ0) is 12.0. The molecule has 0 aliphatic rings. The van der Waals surface area contributed by atoms with Crippen molar-refractivity contribution in [3.05, 3.63) is 29.8 Å². The number of para-hydroxylation sites is 1. The molecule has 0 heterocycles. The van der Waals surface area contributed by atoms with E-state index in [-0.39, 0.29) is 11.8 Å². The molecular weight excluding hydrogens is 226 g/mol. The van der Waals surface area contributed by atoms with Gasteiger partial charge in [-0.15, -0.1) is 11.6 Å². The predicted molar refractivity (Wildman–Crippen MR) is 64.8 cm³/mol. The van der Waals surface area contributed by atoms with Crippen LogP contribution >= 0.6 is 11.6 Å². The number of ether oxygens (including phenoxy) is 1. The third-order valence-corrected chi connectivity index (χ3v) is 2.45. The van der Waals surface area contributed by atoms with E-state index in [1.54, 1.807) is 11.9 Å². The minimum absolute atomic E-state index is 0.00724. The fourth-order valence-electron chi connectivity index (χ4n) is 1.38. The topological polar surface area (TPSA) is 29.5 Å². The summed E-state index contributed by atoms with van der Waals surface area (Å²) in [4.78, 5) is 12.9. The highest BCUT2D eigenvalue weighted by molar-refractivity contribution is 6.27. The molecular formula is C12H16ClNO2. The lowest BCUT2D eigenvalue weighted by molar-refractivity contribution is -0.127. The summed E-state index contributed by atoms with van der Waals surface area (Å²) in [6.07, 6.45) is 0. The van der Waals surface area contributed by atoms with Gasteiger partial charge in [0.15, 0.2) is 0 Å². The molecule has 3 nitrogen and oxygen atoms in total. The molecule has 0 N–H and O–H groups in total. The van der Waals surface area contributed by atoms with Gasteiger partial charge in [-0.3, -0.25) is 4.79 Å². The first-order valence-corrected chi connectivity index (χ1v) is 5.73. The van der Waals surface area contributed by atoms with Crippen LogP contribution in [0, 0.1) is 0 Å². The molecule has 0 aliphatic heterocycles. The number of benzene rings is 1. The standard InChI is InChI=1S/C12H16ClNO2/c1-3-16-11-7-5-4-6-10(11)9-14(2)12(15)8-13/h4-7H,3,8-9H2,1-2H3. The number of nitrogens with zero attached hydrogens (tertiary/aromatic N) is 1. The van der Waals surface area contributed by atoms with Gasteiger partial charge in [0.05, 0.1) is 6.61 Å². The van der Waals surface area contributed by atoms with Gasteiger partial charge in [0, 0.05) is 19.2 Å². The largest absolute Gasteiger partial charge is 0.494 e. The van der Waals surface area contributed by atoms with Gasteiger partial charge in [-0.05, 0) is 13.0 Å². The lowest BCUT2D eigenvalue weighted by Gasteiger charge is -2.18. The Hall–Kier alpha value is -1.22. The highest BCUT2D eigenvalue weighted by Crippen LogP contribution is 2.19. The van der Waals surface area contributed by atoms with Crippen LogP contribution in [0.3, 0.4) is 0 Å². The second-order valence-corrected chi connectivity index (χ2v) is 3.69. The van der Waals surface area contributed by atoms with Crippen LogP contribution in [0.1, 0.15) is 12.5 Å².